The topological polar surface area (TPSA) is 68.0 Å². The maximum Gasteiger partial charge on any atom is 0.228 e. The fourth-order valence-corrected chi connectivity index (χ4v) is 2.38. The molecule has 2 heterocycles. The van der Waals surface area contributed by atoms with Crippen molar-refractivity contribution in [3.05, 3.63) is 41.6 Å². The Morgan fingerprint density at radius 2 is 2.17 bits per heavy atom. The second-order valence-electron chi connectivity index (χ2n) is 5.68. The van der Waals surface area contributed by atoms with Crippen LogP contribution in [0.2, 0.25) is 5.02 Å². The van der Waals surface area contributed by atoms with Crippen molar-refractivity contribution in [3.8, 4) is 11.5 Å². The fourth-order valence-electron chi connectivity index (χ4n) is 2.22. The molecule has 6 heteroatoms. The number of pyridine rings is 1. The smallest absolute Gasteiger partial charge is 0.228 e. The summed E-state index contributed by atoms with van der Waals surface area (Å²) in [6.07, 6.45) is 2.10. The molecule has 0 radical (unpaired) electrons. The van der Waals surface area contributed by atoms with Gasteiger partial charge in [-0.25, -0.2) is 4.98 Å². The van der Waals surface area contributed by atoms with Gasteiger partial charge >= 0.3 is 0 Å². The van der Waals surface area contributed by atoms with Crippen LogP contribution in [0.4, 0.5) is 5.69 Å². The average molecular weight is 330 g/mol. The summed E-state index contributed by atoms with van der Waals surface area (Å²) in [6.45, 7) is 3.98. The Balaban J connectivity index is 1.91. The lowest BCUT2D eigenvalue weighted by Gasteiger charge is -2.09. The van der Waals surface area contributed by atoms with Crippen molar-refractivity contribution in [3.63, 3.8) is 0 Å². The summed E-state index contributed by atoms with van der Waals surface area (Å²) in [5.41, 5.74) is 2.43. The van der Waals surface area contributed by atoms with Gasteiger partial charge in [-0.05, 0) is 36.2 Å². The third-order valence-corrected chi connectivity index (χ3v) is 3.58. The first kappa shape index (κ1) is 15.5. The van der Waals surface area contributed by atoms with Crippen LogP contribution in [0.1, 0.15) is 20.3 Å². The molecule has 1 amide bonds. The highest BCUT2D eigenvalue weighted by molar-refractivity contribution is 6.33. The summed E-state index contributed by atoms with van der Waals surface area (Å²) >= 11 is 6.16. The number of fused-ring (bicyclic) bond motifs is 1. The number of anilines is 1. The summed E-state index contributed by atoms with van der Waals surface area (Å²) in [7, 11) is 0. The molecular formula is C17H16ClN3O2. The van der Waals surface area contributed by atoms with Crippen molar-refractivity contribution in [1.29, 1.82) is 0 Å². The standard InChI is InChI=1S/C17H16ClN3O2/c1-10(2)8-15(22)20-13-9-11(5-6-12(13)18)17-21-16-14(23-17)4-3-7-19-16/h3-7,9-10H,8H2,1-2H3,(H,20,22). The minimum atomic E-state index is -0.0710. The number of carbonyl (C=O) groups is 1. The first-order valence-corrected chi connectivity index (χ1v) is 7.72. The van der Waals surface area contributed by atoms with E-state index in [-0.39, 0.29) is 11.8 Å². The Bertz CT molecular complexity index is 825. The van der Waals surface area contributed by atoms with E-state index in [1.165, 1.54) is 0 Å². The largest absolute Gasteiger partial charge is 0.434 e. The monoisotopic (exact) mass is 329 g/mol. The molecule has 3 aromatic rings. The highest BCUT2D eigenvalue weighted by Crippen LogP contribution is 2.30. The number of oxazole rings is 1. The van der Waals surface area contributed by atoms with E-state index >= 15 is 0 Å². The van der Waals surface area contributed by atoms with Crippen LogP contribution in [0.15, 0.2) is 40.9 Å². The number of hydrogen-bond acceptors (Lipinski definition) is 4. The second-order valence-corrected chi connectivity index (χ2v) is 6.09. The second kappa shape index (κ2) is 6.38. The van der Waals surface area contributed by atoms with Gasteiger partial charge in [0.05, 0.1) is 10.7 Å². The molecule has 23 heavy (non-hydrogen) atoms. The number of rotatable bonds is 4. The molecule has 1 N–H and O–H groups in total. The summed E-state index contributed by atoms with van der Waals surface area (Å²) in [4.78, 5) is 20.4. The van der Waals surface area contributed by atoms with Gasteiger partial charge in [0.25, 0.3) is 0 Å². The highest BCUT2D eigenvalue weighted by atomic mass is 35.5. The zero-order valence-corrected chi connectivity index (χ0v) is 13.6. The third-order valence-electron chi connectivity index (χ3n) is 3.25. The molecular weight excluding hydrogens is 314 g/mol. The fraction of sp³-hybridized carbons (Fsp3) is 0.235. The van der Waals surface area contributed by atoms with E-state index in [1.54, 1.807) is 36.5 Å². The summed E-state index contributed by atoms with van der Waals surface area (Å²) in [5.74, 6) is 0.646. The number of halogens is 1. The van der Waals surface area contributed by atoms with E-state index in [0.717, 1.165) is 5.56 Å². The van der Waals surface area contributed by atoms with Crippen molar-refractivity contribution in [2.75, 3.05) is 5.32 Å². The number of benzene rings is 1. The van der Waals surface area contributed by atoms with Crippen LogP contribution in [0.3, 0.4) is 0 Å². The average Bonchev–Trinajstić information content (AvgIpc) is 2.92. The molecule has 0 aliphatic rings. The van der Waals surface area contributed by atoms with Gasteiger partial charge < -0.3 is 9.73 Å². The molecule has 0 saturated carbocycles. The maximum absolute atomic E-state index is 11.9. The van der Waals surface area contributed by atoms with Gasteiger partial charge in [-0.1, -0.05) is 25.4 Å². The quantitative estimate of drug-likeness (QED) is 0.763. The molecule has 0 aliphatic carbocycles. The lowest BCUT2D eigenvalue weighted by Crippen LogP contribution is -2.14. The first-order chi connectivity index (χ1) is 11.0. The number of nitrogens with zero attached hydrogens (tertiary/aromatic N) is 2. The SMILES string of the molecule is CC(C)CC(=O)Nc1cc(-c2nc3ncccc3o2)ccc1Cl. The van der Waals surface area contributed by atoms with Gasteiger partial charge in [0.2, 0.25) is 11.8 Å². The van der Waals surface area contributed by atoms with Crippen LogP contribution in [-0.4, -0.2) is 15.9 Å². The minimum Gasteiger partial charge on any atom is -0.434 e. The first-order valence-electron chi connectivity index (χ1n) is 7.34. The summed E-state index contributed by atoms with van der Waals surface area (Å²) in [6, 6.07) is 8.86. The van der Waals surface area contributed by atoms with Crippen LogP contribution in [0.5, 0.6) is 0 Å². The molecule has 2 aromatic heterocycles. The number of aromatic nitrogens is 2. The lowest BCUT2D eigenvalue weighted by molar-refractivity contribution is -0.116. The Labute approximate surface area is 138 Å². The molecule has 0 unspecified atom stereocenters. The van der Waals surface area contributed by atoms with Crippen molar-refractivity contribution in [1.82, 2.24) is 9.97 Å². The van der Waals surface area contributed by atoms with Crippen molar-refractivity contribution in [2.45, 2.75) is 20.3 Å². The zero-order valence-electron chi connectivity index (χ0n) is 12.8. The van der Waals surface area contributed by atoms with Crippen LogP contribution in [0.25, 0.3) is 22.7 Å². The van der Waals surface area contributed by atoms with Crippen LogP contribution < -0.4 is 5.32 Å². The van der Waals surface area contributed by atoms with E-state index in [2.05, 4.69) is 15.3 Å². The normalized spacial score (nSPS) is 11.1. The molecule has 5 nitrogen and oxygen atoms in total. The Morgan fingerprint density at radius 3 is 2.91 bits per heavy atom. The Kier molecular flexibility index (Phi) is 4.30. The predicted molar refractivity (Wildman–Crippen MR) is 90.3 cm³/mol. The molecule has 0 bridgehead atoms. The van der Waals surface area contributed by atoms with E-state index < -0.39 is 0 Å². The van der Waals surface area contributed by atoms with Crippen molar-refractivity contribution in [2.24, 2.45) is 5.92 Å². The minimum absolute atomic E-state index is 0.0710. The van der Waals surface area contributed by atoms with Crippen molar-refractivity contribution >= 4 is 34.4 Å². The maximum atomic E-state index is 11.9. The van der Waals surface area contributed by atoms with Crippen LogP contribution >= 0.6 is 11.6 Å². The number of carbonyl (C=O) groups excluding carboxylic acids is 1. The van der Waals surface area contributed by atoms with E-state index in [9.17, 15) is 4.79 Å². The Hall–Kier alpha value is -2.40. The molecule has 0 aliphatic heterocycles. The number of hydrogen-bond donors (Lipinski definition) is 1. The molecule has 0 spiro atoms. The highest BCUT2D eigenvalue weighted by Gasteiger charge is 2.13. The van der Waals surface area contributed by atoms with Gasteiger partial charge in [0.1, 0.15) is 0 Å². The van der Waals surface area contributed by atoms with Crippen LogP contribution in [0, 0.1) is 5.92 Å². The van der Waals surface area contributed by atoms with E-state index in [4.69, 9.17) is 16.0 Å². The van der Waals surface area contributed by atoms with E-state index in [0.29, 0.717) is 34.3 Å². The van der Waals surface area contributed by atoms with Gasteiger partial charge in [0.15, 0.2) is 11.2 Å². The Morgan fingerprint density at radius 1 is 1.35 bits per heavy atom. The van der Waals surface area contributed by atoms with Gasteiger partial charge in [-0.2, -0.15) is 4.98 Å². The molecule has 118 valence electrons. The van der Waals surface area contributed by atoms with Crippen LogP contribution in [-0.2, 0) is 4.79 Å². The van der Waals surface area contributed by atoms with E-state index in [1.807, 2.05) is 13.8 Å². The molecule has 1 aromatic carbocycles. The molecule has 0 saturated heterocycles. The summed E-state index contributed by atoms with van der Waals surface area (Å²) in [5, 5.41) is 3.30. The summed E-state index contributed by atoms with van der Waals surface area (Å²) < 4.78 is 5.69. The lowest BCUT2D eigenvalue weighted by atomic mass is 10.1. The zero-order chi connectivity index (χ0) is 16.4. The number of nitrogens with one attached hydrogen (secondary N) is 1. The van der Waals surface area contributed by atoms with Gasteiger partial charge in [-0.3, -0.25) is 4.79 Å². The van der Waals surface area contributed by atoms with Gasteiger partial charge in [0, 0.05) is 18.2 Å². The number of amides is 1. The molecule has 0 atom stereocenters. The predicted octanol–water partition coefficient (Wildman–Crippen LogP) is 4.53. The third kappa shape index (κ3) is 3.51. The van der Waals surface area contributed by atoms with Crippen molar-refractivity contribution < 1.29 is 9.21 Å². The molecule has 3 rings (SSSR count). The van der Waals surface area contributed by atoms with Gasteiger partial charge in [-0.15, -0.1) is 0 Å². The molecule has 0 fully saturated rings.